The summed E-state index contributed by atoms with van der Waals surface area (Å²) in [5.41, 5.74) is 1.53. The van der Waals surface area contributed by atoms with Gasteiger partial charge in [-0.05, 0) is 35.7 Å². The van der Waals surface area contributed by atoms with E-state index in [-0.39, 0.29) is 12.5 Å². The molecule has 0 spiro atoms. The number of benzene rings is 2. The molecule has 7 heteroatoms. The monoisotopic (exact) mass is 418 g/mol. The maximum atomic E-state index is 14.6. The molecule has 1 aromatic heterocycles. The maximum Gasteiger partial charge on any atom is 0.270 e. The van der Waals surface area contributed by atoms with Gasteiger partial charge in [-0.1, -0.05) is 37.6 Å². The summed E-state index contributed by atoms with van der Waals surface area (Å²) in [6, 6.07) is 11.9. The fourth-order valence-corrected chi connectivity index (χ4v) is 3.48. The van der Waals surface area contributed by atoms with Crippen molar-refractivity contribution in [2.45, 2.75) is 20.5 Å². The Hall–Kier alpha value is -2.44. The minimum atomic E-state index is -0.452. The normalized spacial score (nSPS) is 10.9. The van der Waals surface area contributed by atoms with Crippen molar-refractivity contribution < 1.29 is 13.9 Å². The summed E-state index contributed by atoms with van der Waals surface area (Å²) in [4.78, 5) is 16.3. The van der Waals surface area contributed by atoms with Crippen molar-refractivity contribution in [3.05, 3.63) is 69.9 Å². The number of amides is 1. The van der Waals surface area contributed by atoms with Crippen LogP contribution < -0.4 is 10.1 Å². The van der Waals surface area contributed by atoms with E-state index in [0.717, 1.165) is 5.56 Å². The maximum absolute atomic E-state index is 14.6. The first-order valence-corrected chi connectivity index (χ1v) is 10.1. The fourth-order valence-electron chi connectivity index (χ4n) is 2.44. The number of hydrogen-bond acceptors (Lipinski definition) is 4. The molecule has 0 bridgehead atoms. The van der Waals surface area contributed by atoms with Gasteiger partial charge in [0.15, 0.2) is 0 Å². The van der Waals surface area contributed by atoms with Gasteiger partial charge in [-0.25, -0.2) is 9.37 Å². The summed E-state index contributed by atoms with van der Waals surface area (Å²) in [7, 11) is 0. The Morgan fingerprint density at radius 1 is 1.29 bits per heavy atom. The molecule has 28 heavy (non-hydrogen) atoms. The number of carbonyl (C=O) groups is 1. The van der Waals surface area contributed by atoms with E-state index < -0.39 is 5.82 Å². The zero-order chi connectivity index (χ0) is 20.1. The van der Waals surface area contributed by atoms with Crippen molar-refractivity contribution in [1.29, 1.82) is 0 Å². The number of nitrogens with one attached hydrogen (secondary N) is 1. The first-order chi connectivity index (χ1) is 13.4. The Balaban J connectivity index is 1.68. The zero-order valence-corrected chi connectivity index (χ0v) is 17.1. The average Bonchev–Trinajstić information content (AvgIpc) is 3.14. The topological polar surface area (TPSA) is 51.2 Å². The SMILES string of the molecule is CC(C)CNC(=O)c1csc(-c2ccc(OCc3cccc(Cl)c3)cc2F)n1. The van der Waals surface area contributed by atoms with Crippen molar-refractivity contribution in [3.8, 4) is 16.3 Å². The standard InChI is InChI=1S/C21H20ClFN2O2S/c1-13(2)10-24-20(26)19-12-28-21(25-19)17-7-6-16(9-18(17)23)27-11-14-4-3-5-15(22)8-14/h3-9,12-13H,10-11H2,1-2H3,(H,24,26). The number of rotatable bonds is 7. The van der Waals surface area contributed by atoms with Gasteiger partial charge >= 0.3 is 0 Å². The summed E-state index contributed by atoms with van der Waals surface area (Å²) >= 11 is 7.18. The van der Waals surface area contributed by atoms with Crippen LogP contribution in [0.4, 0.5) is 4.39 Å². The highest BCUT2D eigenvalue weighted by molar-refractivity contribution is 7.13. The van der Waals surface area contributed by atoms with E-state index in [1.807, 2.05) is 26.0 Å². The van der Waals surface area contributed by atoms with Gasteiger partial charge < -0.3 is 10.1 Å². The van der Waals surface area contributed by atoms with E-state index >= 15 is 0 Å². The molecule has 0 radical (unpaired) electrons. The van der Waals surface area contributed by atoms with Gasteiger partial charge in [0.1, 0.15) is 28.9 Å². The lowest BCUT2D eigenvalue weighted by Crippen LogP contribution is -2.27. The highest BCUT2D eigenvalue weighted by Crippen LogP contribution is 2.29. The molecule has 0 atom stereocenters. The van der Waals surface area contributed by atoms with Crippen LogP contribution in [0, 0.1) is 11.7 Å². The van der Waals surface area contributed by atoms with E-state index in [2.05, 4.69) is 10.3 Å². The molecule has 3 aromatic rings. The largest absolute Gasteiger partial charge is 0.489 e. The Bertz CT molecular complexity index is 975. The van der Waals surface area contributed by atoms with Crippen molar-refractivity contribution in [2.24, 2.45) is 5.92 Å². The third-order valence-electron chi connectivity index (χ3n) is 3.87. The third-order valence-corrected chi connectivity index (χ3v) is 4.98. The van der Waals surface area contributed by atoms with E-state index in [9.17, 15) is 9.18 Å². The molecule has 4 nitrogen and oxygen atoms in total. The predicted molar refractivity (Wildman–Crippen MR) is 110 cm³/mol. The molecule has 0 saturated heterocycles. The van der Waals surface area contributed by atoms with Crippen LogP contribution in [0.25, 0.3) is 10.6 Å². The van der Waals surface area contributed by atoms with Crippen LogP contribution in [-0.4, -0.2) is 17.4 Å². The zero-order valence-electron chi connectivity index (χ0n) is 15.5. The first kappa shape index (κ1) is 20.3. The van der Waals surface area contributed by atoms with Gasteiger partial charge in [-0.15, -0.1) is 11.3 Å². The molecule has 146 valence electrons. The fraction of sp³-hybridized carbons (Fsp3) is 0.238. The number of halogens is 2. The first-order valence-electron chi connectivity index (χ1n) is 8.83. The van der Waals surface area contributed by atoms with E-state index in [1.54, 1.807) is 29.6 Å². The van der Waals surface area contributed by atoms with Crippen LogP contribution in [0.2, 0.25) is 5.02 Å². The molecule has 1 heterocycles. The molecular formula is C21H20ClFN2O2S. The minimum absolute atomic E-state index is 0.252. The average molecular weight is 419 g/mol. The van der Waals surface area contributed by atoms with Crippen LogP contribution in [0.15, 0.2) is 47.8 Å². The van der Waals surface area contributed by atoms with Crippen LogP contribution in [-0.2, 0) is 6.61 Å². The molecule has 0 saturated carbocycles. The van der Waals surface area contributed by atoms with Gasteiger partial charge in [0, 0.05) is 28.6 Å². The Morgan fingerprint density at radius 2 is 2.11 bits per heavy atom. The minimum Gasteiger partial charge on any atom is -0.489 e. The number of ether oxygens (including phenoxy) is 1. The predicted octanol–water partition coefficient (Wildman–Crippen LogP) is 5.57. The second kappa shape index (κ2) is 9.17. The van der Waals surface area contributed by atoms with Crippen LogP contribution in [0.5, 0.6) is 5.75 Å². The van der Waals surface area contributed by atoms with Crippen molar-refractivity contribution in [3.63, 3.8) is 0 Å². The van der Waals surface area contributed by atoms with Crippen molar-refractivity contribution in [1.82, 2.24) is 10.3 Å². The molecule has 0 fully saturated rings. The molecule has 0 aliphatic carbocycles. The van der Waals surface area contributed by atoms with Gasteiger partial charge in [-0.2, -0.15) is 0 Å². The van der Waals surface area contributed by atoms with E-state index in [4.69, 9.17) is 16.3 Å². The van der Waals surface area contributed by atoms with Crippen LogP contribution >= 0.6 is 22.9 Å². The van der Waals surface area contributed by atoms with Crippen LogP contribution in [0.3, 0.4) is 0 Å². The van der Waals surface area contributed by atoms with Gasteiger partial charge in [0.25, 0.3) is 5.91 Å². The smallest absolute Gasteiger partial charge is 0.270 e. The van der Waals surface area contributed by atoms with E-state index in [0.29, 0.717) is 39.5 Å². The highest BCUT2D eigenvalue weighted by Gasteiger charge is 2.15. The summed E-state index contributed by atoms with van der Waals surface area (Å²) in [5.74, 6) is 0.0526. The lowest BCUT2D eigenvalue weighted by atomic mass is 10.2. The molecule has 2 aromatic carbocycles. The van der Waals surface area contributed by atoms with Crippen LogP contribution in [0.1, 0.15) is 29.9 Å². The molecule has 0 aliphatic rings. The van der Waals surface area contributed by atoms with Gasteiger partial charge in [0.05, 0.1) is 0 Å². The van der Waals surface area contributed by atoms with E-state index in [1.165, 1.54) is 17.4 Å². The number of hydrogen-bond donors (Lipinski definition) is 1. The van der Waals surface area contributed by atoms with Crippen molar-refractivity contribution in [2.75, 3.05) is 6.54 Å². The molecular weight excluding hydrogens is 399 g/mol. The molecule has 0 aliphatic heterocycles. The molecule has 0 unspecified atom stereocenters. The lowest BCUT2D eigenvalue weighted by Gasteiger charge is -2.08. The second-order valence-electron chi connectivity index (χ2n) is 6.70. The molecule has 1 amide bonds. The Labute approximate surface area is 172 Å². The second-order valence-corrected chi connectivity index (χ2v) is 8.00. The number of carbonyl (C=O) groups excluding carboxylic acids is 1. The summed E-state index contributed by atoms with van der Waals surface area (Å²) in [5, 5.41) is 5.52. The highest BCUT2D eigenvalue weighted by atomic mass is 35.5. The summed E-state index contributed by atoms with van der Waals surface area (Å²) in [6.45, 7) is 4.88. The summed E-state index contributed by atoms with van der Waals surface area (Å²) < 4.78 is 20.2. The summed E-state index contributed by atoms with van der Waals surface area (Å²) in [6.07, 6.45) is 0. The molecule has 3 rings (SSSR count). The van der Waals surface area contributed by atoms with Gasteiger partial charge in [-0.3, -0.25) is 4.79 Å². The Morgan fingerprint density at radius 3 is 2.82 bits per heavy atom. The van der Waals surface area contributed by atoms with Gasteiger partial charge in [0.2, 0.25) is 0 Å². The lowest BCUT2D eigenvalue weighted by molar-refractivity contribution is 0.0945. The number of aromatic nitrogens is 1. The number of thiazole rings is 1. The quantitative estimate of drug-likeness (QED) is 0.545. The Kier molecular flexibility index (Phi) is 6.65. The third kappa shape index (κ3) is 5.30. The number of nitrogens with zero attached hydrogens (tertiary/aromatic N) is 1. The molecule has 1 N–H and O–H groups in total. The van der Waals surface area contributed by atoms with Crippen molar-refractivity contribution >= 4 is 28.8 Å².